The largest absolute Gasteiger partial charge is 0.493 e. The maximum Gasteiger partial charge on any atom is 0.191 e. The Hall–Kier alpha value is -1.95. The molecule has 0 amide bonds. The second-order valence-corrected chi connectivity index (χ2v) is 5.84. The summed E-state index contributed by atoms with van der Waals surface area (Å²) in [7, 11) is 3.43. The summed E-state index contributed by atoms with van der Waals surface area (Å²) in [5.41, 5.74) is 0. The molecule has 2 N–H and O–H groups in total. The molecule has 0 aliphatic carbocycles. The number of benzene rings is 1. The highest BCUT2D eigenvalue weighted by molar-refractivity contribution is 5.79. The minimum Gasteiger partial charge on any atom is -0.493 e. The van der Waals surface area contributed by atoms with E-state index in [0.29, 0.717) is 6.54 Å². The van der Waals surface area contributed by atoms with Gasteiger partial charge < -0.3 is 25.0 Å². The quantitative estimate of drug-likeness (QED) is 0.364. The first-order valence-electron chi connectivity index (χ1n) is 9.11. The summed E-state index contributed by atoms with van der Waals surface area (Å²) in [6.07, 6.45) is 1.08. The molecule has 6 nitrogen and oxygen atoms in total. The zero-order chi connectivity index (χ0) is 18.5. The van der Waals surface area contributed by atoms with Crippen LogP contribution in [-0.4, -0.2) is 63.8 Å². The van der Waals surface area contributed by atoms with E-state index in [9.17, 15) is 0 Å². The van der Waals surface area contributed by atoms with Gasteiger partial charge in [-0.3, -0.25) is 4.99 Å². The number of para-hydroxylation sites is 2. The van der Waals surface area contributed by atoms with E-state index in [1.807, 2.05) is 31.2 Å². The second kappa shape index (κ2) is 12.4. The fourth-order valence-corrected chi connectivity index (χ4v) is 2.48. The van der Waals surface area contributed by atoms with Gasteiger partial charge in [0.2, 0.25) is 0 Å². The number of ether oxygens (including phenoxy) is 2. The molecular formula is C19H34N4O2. The molecular weight excluding hydrogens is 316 g/mol. The van der Waals surface area contributed by atoms with E-state index in [1.165, 1.54) is 0 Å². The van der Waals surface area contributed by atoms with E-state index in [-0.39, 0.29) is 6.10 Å². The van der Waals surface area contributed by atoms with Crippen molar-refractivity contribution in [3.63, 3.8) is 0 Å². The van der Waals surface area contributed by atoms with Crippen molar-refractivity contribution < 1.29 is 9.47 Å². The van der Waals surface area contributed by atoms with Gasteiger partial charge in [-0.05, 0) is 45.1 Å². The molecule has 6 heteroatoms. The maximum absolute atomic E-state index is 5.94. The molecule has 1 rings (SSSR count). The number of hydrogen-bond acceptors (Lipinski definition) is 4. The summed E-state index contributed by atoms with van der Waals surface area (Å²) in [6, 6.07) is 7.68. The number of nitrogens with zero attached hydrogens (tertiary/aromatic N) is 2. The topological polar surface area (TPSA) is 58.1 Å². The van der Waals surface area contributed by atoms with Gasteiger partial charge in [-0.25, -0.2) is 0 Å². The van der Waals surface area contributed by atoms with Crippen LogP contribution in [0, 0.1) is 0 Å². The number of methoxy groups -OCH3 is 1. The lowest BCUT2D eigenvalue weighted by atomic mass is 10.3. The van der Waals surface area contributed by atoms with Gasteiger partial charge in [0, 0.05) is 13.6 Å². The van der Waals surface area contributed by atoms with Gasteiger partial charge in [0.1, 0.15) is 6.10 Å². The molecule has 0 spiro atoms. The average molecular weight is 351 g/mol. The van der Waals surface area contributed by atoms with E-state index in [0.717, 1.165) is 50.1 Å². The Labute approximate surface area is 152 Å². The van der Waals surface area contributed by atoms with Crippen molar-refractivity contribution in [3.8, 4) is 11.5 Å². The van der Waals surface area contributed by atoms with E-state index >= 15 is 0 Å². The Morgan fingerprint density at radius 2 is 1.84 bits per heavy atom. The number of rotatable bonds is 11. The van der Waals surface area contributed by atoms with Gasteiger partial charge >= 0.3 is 0 Å². The molecule has 25 heavy (non-hydrogen) atoms. The molecule has 1 aromatic rings. The molecule has 0 radical (unpaired) electrons. The fourth-order valence-electron chi connectivity index (χ4n) is 2.48. The van der Waals surface area contributed by atoms with Crippen LogP contribution in [0.2, 0.25) is 0 Å². The van der Waals surface area contributed by atoms with Crippen molar-refractivity contribution in [1.82, 2.24) is 15.5 Å². The average Bonchev–Trinajstić information content (AvgIpc) is 2.64. The van der Waals surface area contributed by atoms with Crippen molar-refractivity contribution in [2.75, 3.05) is 46.9 Å². The first-order chi connectivity index (χ1) is 12.1. The summed E-state index contributed by atoms with van der Waals surface area (Å²) in [5.74, 6) is 2.30. The molecule has 0 aliphatic rings. The number of aliphatic imine (C=N–C) groups is 1. The summed E-state index contributed by atoms with van der Waals surface area (Å²) in [6.45, 7) is 11.3. The second-order valence-electron chi connectivity index (χ2n) is 5.84. The zero-order valence-electron chi connectivity index (χ0n) is 16.3. The van der Waals surface area contributed by atoms with Crippen LogP contribution in [0.25, 0.3) is 0 Å². The van der Waals surface area contributed by atoms with E-state index in [1.54, 1.807) is 14.2 Å². The molecule has 1 atom stereocenters. The minimum atomic E-state index is -0.00877. The molecule has 1 unspecified atom stereocenters. The van der Waals surface area contributed by atoms with Crippen molar-refractivity contribution in [1.29, 1.82) is 0 Å². The summed E-state index contributed by atoms with van der Waals surface area (Å²) >= 11 is 0. The number of hydrogen-bond donors (Lipinski definition) is 2. The molecule has 0 aliphatic heterocycles. The van der Waals surface area contributed by atoms with Crippen molar-refractivity contribution in [2.45, 2.75) is 33.3 Å². The summed E-state index contributed by atoms with van der Waals surface area (Å²) in [5, 5.41) is 6.65. The van der Waals surface area contributed by atoms with E-state index in [4.69, 9.17) is 9.47 Å². The van der Waals surface area contributed by atoms with Crippen LogP contribution in [0.5, 0.6) is 11.5 Å². The Morgan fingerprint density at radius 1 is 1.16 bits per heavy atom. The van der Waals surface area contributed by atoms with Crippen LogP contribution in [-0.2, 0) is 0 Å². The highest BCUT2D eigenvalue weighted by atomic mass is 16.5. The highest BCUT2D eigenvalue weighted by Crippen LogP contribution is 2.26. The van der Waals surface area contributed by atoms with E-state index < -0.39 is 0 Å². The predicted octanol–water partition coefficient (Wildman–Crippen LogP) is 2.36. The smallest absolute Gasteiger partial charge is 0.191 e. The molecule has 0 aromatic heterocycles. The van der Waals surface area contributed by atoms with Crippen LogP contribution in [0.4, 0.5) is 0 Å². The lowest BCUT2D eigenvalue weighted by Crippen LogP contribution is -2.42. The van der Waals surface area contributed by atoms with Gasteiger partial charge in [0.05, 0.1) is 13.7 Å². The van der Waals surface area contributed by atoms with Crippen LogP contribution in [0.1, 0.15) is 27.2 Å². The number of nitrogens with one attached hydrogen (secondary N) is 2. The Kier molecular flexibility index (Phi) is 10.5. The predicted molar refractivity (Wildman–Crippen MR) is 105 cm³/mol. The third-order valence-corrected chi connectivity index (χ3v) is 4.02. The Bertz CT molecular complexity index is 504. The highest BCUT2D eigenvalue weighted by Gasteiger charge is 2.09. The lowest BCUT2D eigenvalue weighted by molar-refractivity contribution is 0.213. The van der Waals surface area contributed by atoms with Gasteiger partial charge in [-0.15, -0.1) is 0 Å². The molecule has 0 fully saturated rings. The SMILES string of the molecule is CCN(CC)CCCNC(=NC)NCC(C)Oc1ccccc1OC. The lowest BCUT2D eigenvalue weighted by Gasteiger charge is -2.20. The third kappa shape index (κ3) is 8.12. The van der Waals surface area contributed by atoms with Crippen LogP contribution >= 0.6 is 0 Å². The minimum absolute atomic E-state index is 0.00877. The van der Waals surface area contributed by atoms with Crippen molar-refractivity contribution >= 4 is 5.96 Å². The summed E-state index contributed by atoms with van der Waals surface area (Å²) < 4.78 is 11.3. The molecule has 0 saturated heterocycles. The van der Waals surface area contributed by atoms with Crippen LogP contribution in [0.3, 0.4) is 0 Å². The zero-order valence-corrected chi connectivity index (χ0v) is 16.3. The first-order valence-corrected chi connectivity index (χ1v) is 9.11. The standard InChI is InChI=1S/C19H34N4O2/c1-6-23(7-2)14-10-13-21-19(20-4)22-15-16(3)25-18-12-9-8-11-17(18)24-5/h8-9,11-12,16H,6-7,10,13-15H2,1-5H3,(H2,20,21,22). The van der Waals surface area contributed by atoms with Crippen molar-refractivity contribution in [2.24, 2.45) is 4.99 Å². The van der Waals surface area contributed by atoms with Gasteiger partial charge in [0.25, 0.3) is 0 Å². The fraction of sp³-hybridized carbons (Fsp3) is 0.632. The van der Waals surface area contributed by atoms with Crippen molar-refractivity contribution in [3.05, 3.63) is 24.3 Å². The normalized spacial score (nSPS) is 12.8. The molecule has 0 heterocycles. The maximum atomic E-state index is 5.94. The summed E-state index contributed by atoms with van der Waals surface area (Å²) in [4.78, 5) is 6.68. The van der Waals surface area contributed by atoms with Crippen LogP contribution < -0.4 is 20.1 Å². The third-order valence-electron chi connectivity index (χ3n) is 4.02. The monoisotopic (exact) mass is 350 g/mol. The number of guanidine groups is 1. The van der Waals surface area contributed by atoms with Gasteiger partial charge in [-0.2, -0.15) is 0 Å². The molecule has 1 aromatic carbocycles. The Morgan fingerprint density at radius 3 is 2.44 bits per heavy atom. The molecule has 142 valence electrons. The Balaban J connectivity index is 2.31. The molecule has 0 saturated carbocycles. The van der Waals surface area contributed by atoms with E-state index in [2.05, 4.69) is 34.4 Å². The van der Waals surface area contributed by atoms with Gasteiger partial charge in [-0.1, -0.05) is 26.0 Å². The first kappa shape index (κ1) is 21.1. The van der Waals surface area contributed by atoms with Crippen LogP contribution in [0.15, 0.2) is 29.3 Å². The molecule has 0 bridgehead atoms. The van der Waals surface area contributed by atoms with Gasteiger partial charge in [0.15, 0.2) is 17.5 Å².